The average molecular weight is 207 g/mol. The molecular weight excluding hydrogens is 190 g/mol. The first-order valence-corrected chi connectivity index (χ1v) is 5.46. The maximum atomic E-state index is 12.1. The van der Waals surface area contributed by atoms with E-state index in [1.54, 1.807) is 0 Å². The van der Waals surface area contributed by atoms with Crippen molar-refractivity contribution in [2.75, 3.05) is 13.2 Å². The summed E-state index contributed by atoms with van der Waals surface area (Å²) >= 11 is 0. The lowest BCUT2D eigenvalue weighted by molar-refractivity contribution is 0.0458. The van der Waals surface area contributed by atoms with Gasteiger partial charge in [0, 0.05) is 18.7 Å². The number of ether oxygens (including phenoxy) is 1. The molecule has 3 heteroatoms. The maximum absolute atomic E-state index is 12.1. The summed E-state index contributed by atoms with van der Waals surface area (Å²) in [5.41, 5.74) is 2.99. The minimum Gasteiger partial charge on any atom is -0.381 e. The van der Waals surface area contributed by atoms with Crippen molar-refractivity contribution in [3.05, 3.63) is 23.0 Å². The third-order valence-electron chi connectivity index (χ3n) is 3.18. The first kappa shape index (κ1) is 10.4. The Kier molecular flexibility index (Phi) is 2.91. The molecule has 1 aromatic rings. The molecule has 0 amide bonds. The summed E-state index contributed by atoms with van der Waals surface area (Å²) in [4.78, 5) is 15.2. The van der Waals surface area contributed by atoms with E-state index in [1.165, 1.54) is 0 Å². The van der Waals surface area contributed by atoms with E-state index in [9.17, 15) is 4.79 Å². The summed E-state index contributed by atoms with van der Waals surface area (Å²) in [5.74, 6) is 0.260. The van der Waals surface area contributed by atoms with Gasteiger partial charge in [-0.2, -0.15) is 0 Å². The van der Waals surface area contributed by atoms with Crippen LogP contribution in [0.25, 0.3) is 0 Å². The molecule has 1 fully saturated rings. The molecule has 1 aromatic heterocycles. The Morgan fingerprint density at radius 2 is 2.33 bits per heavy atom. The Balaban J connectivity index is 2.16. The van der Waals surface area contributed by atoms with Crippen LogP contribution in [-0.4, -0.2) is 24.0 Å². The van der Waals surface area contributed by atoms with Crippen LogP contribution in [0.2, 0.25) is 0 Å². The average Bonchev–Trinajstić information content (AvgIpc) is 2.60. The minimum atomic E-state index is 0.0514. The number of carbonyl (C=O) groups excluding carboxylic acids is 1. The lowest BCUT2D eigenvalue weighted by Gasteiger charge is -2.20. The van der Waals surface area contributed by atoms with Gasteiger partial charge in [0.05, 0.1) is 12.3 Å². The quantitative estimate of drug-likeness (QED) is 0.756. The third-order valence-corrected chi connectivity index (χ3v) is 3.18. The van der Waals surface area contributed by atoms with Crippen molar-refractivity contribution in [1.82, 2.24) is 4.98 Å². The van der Waals surface area contributed by atoms with Gasteiger partial charge in [-0.3, -0.25) is 4.79 Å². The summed E-state index contributed by atoms with van der Waals surface area (Å²) in [6, 6.07) is 0. The third kappa shape index (κ3) is 1.97. The molecule has 1 aliphatic heterocycles. The van der Waals surface area contributed by atoms with Gasteiger partial charge in [-0.25, -0.2) is 0 Å². The number of carbonyl (C=O) groups is 1. The lowest BCUT2D eigenvalue weighted by Crippen LogP contribution is -2.26. The van der Waals surface area contributed by atoms with Gasteiger partial charge in [0.1, 0.15) is 0 Å². The number of H-pyrrole nitrogens is 1. The van der Waals surface area contributed by atoms with Crippen LogP contribution in [0, 0.1) is 19.8 Å². The summed E-state index contributed by atoms with van der Waals surface area (Å²) in [5, 5.41) is 0. The predicted molar refractivity (Wildman–Crippen MR) is 58.1 cm³/mol. The van der Waals surface area contributed by atoms with Gasteiger partial charge in [0.2, 0.25) is 0 Å². The lowest BCUT2D eigenvalue weighted by atomic mass is 9.94. The fraction of sp³-hybridized carbons (Fsp3) is 0.583. The van der Waals surface area contributed by atoms with Gasteiger partial charge in [0.15, 0.2) is 5.78 Å². The molecular formula is C12H17NO2. The van der Waals surface area contributed by atoms with Crippen LogP contribution >= 0.6 is 0 Å². The molecule has 0 aliphatic carbocycles. The molecule has 1 atom stereocenters. The van der Waals surface area contributed by atoms with Gasteiger partial charge in [-0.05, 0) is 37.8 Å². The number of aromatic nitrogens is 1. The van der Waals surface area contributed by atoms with Gasteiger partial charge in [-0.15, -0.1) is 0 Å². The largest absolute Gasteiger partial charge is 0.381 e. The fourth-order valence-corrected chi connectivity index (χ4v) is 2.00. The van der Waals surface area contributed by atoms with Gasteiger partial charge in [-0.1, -0.05) is 0 Å². The summed E-state index contributed by atoms with van der Waals surface area (Å²) in [6.45, 7) is 5.38. The Bertz CT molecular complexity index is 362. The van der Waals surface area contributed by atoms with E-state index in [1.807, 2.05) is 20.0 Å². The van der Waals surface area contributed by atoms with Crippen molar-refractivity contribution >= 4 is 5.78 Å². The van der Waals surface area contributed by atoms with Gasteiger partial charge >= 0.3 is 0 Å². The normalized spacial score (nSPS) is 21.6. The van der Waals surface area contributed by atoms with Crippen LogP contribution in [-0.2, 0) is 4.74 Å². The zero-order valence-electron chi connectivity index (χ0n) is 9.30. The minimum absolute atomic E-state index is 0.0514. The van der Waals surface area contributed by atoms with E-state index in [0.717, 1.165) is 36.3 Å². The van der Waals surface area contributed by atoms with Crippen molar-refractivity contribution in [2.24, 2.45) is 5.92 Å². The fourth-order valence-electron chi connectivity index (χ4n) is 2.00. The molecule has 82 valence electrons. The number of ketones is 1. The van der Waals surface area contributed by atoms with Crippen LogP contribution in [0.4, 0.5) is 0 Å². The molecule has 0 spiro atoms. The van der Waals surface area contributed by atoms with Gasteiger partial charge in [0.25, 0.3) is 0 Å². The molecule has 2 rings (SSSR count). The van der Waals surface area contributed by atoms with Crippen molar-refractivity contribution in [2.45, 2.75) is 26.7 Å². The summed E-state index contributed by atoms with van der Waals surface area (Å²) in [7, 11) is 0. The van der Waals surface area contributed by atoms with Crippen molar-refractivity contribution in [3.63, 3.8) is 0 Å². The van der Waals surface area contributed by atoms with Crippen molar-refractivity contribution in [1.29, 1.82) is 0 Å². The molecule has 0 aromatic carbocycles. The van der Waals surface area contributed by atoms with E-state index < -0.39 is 0 Å². The van der Waals surface area contributed by atoms with E-state index in [2.05, 4.69) is 4.98 Å². The first-order chi connectivity index (χ1) is 7.20. The number of nitrogens with one attached hydrogen (secondary N) is 1. The molecule has 1 unspecified atom stereocenters. The number of Topliss-reactive ketones (excluding diaryl/α,β-unsaturated/α-hetero) is 1. The number of hydrogen-bond donors (Lipinski definition) is 1. The Labute approximate surface area is 89.8 Å². The van der Waals surface area contributed by atoms with E-state index in [4.69, 9.17) is 4.74 Å². The van der Waals surface area contributed by atoms with Crippen LogP contribution in [0.3, 0.4) is 0 Å². The highest BCUT2D eigenvalue weighted by Crippen LogP contribution is 2.21. The number of rotatable bonds is 2. The molecule has 1 N–H and O–H groups in total. The number of hydrogen-bond acceptors (Lipinski definition) is 2. The Morgan fingerprint density at radius 3 is 2.87 bits per heavy atom. The highest BCUT2D eigenvalue weighted by atomic mass is 16.5. The Hall–Kier alpha value is -1.09. The van der Waals surface area contributed by atoms with Crippen molar-refractivity contribution < 1.29 is 9.53 Å². The second-order valence-electron chi connectivity index (χ2n) is 4.25. The summed E-state index contributed by atoms with van der Waals surface area (Å²) < 4.78 is 5.34. The molecule has 0 radical (unpaired) electrons. The second-order valence-corrected chi connectivity index (χ2v) is 4.25. The zero-order valence-corrected chi connectivity index (χ0v) is 9.30. The van der Waals surface area contributed by atoms with Gasteiger partial charge < -0.3 is 9.72 Å². The zero-order chi connectivity index (χ0) is 10.8. The van der Waals surface area contributed by atoms with Crippen LogP contribution in [0.5, 0.6) is 0 Å². The van der Waals surface area contributed by atoms with E-state index >= 15 is 0 Å². The molecule has 1 saturated heterocycles. The number of aryl methyl sites for hydroxylation is 1. The molecule has 2 heterocycles. The predicted octanol–water partition coefficient (Wildman–Crippen LogP) is 2.24. The molecule has 15 heavy (non-hydrogen) atoms. The molecule has 0 saturated carbocycles. The van der Waals surface area contributed by atoms with Crippen LogP contribution < -0.4 is 0 Å². The standard InChI is InChI=1S/C12H17NO2/c1-8-6-13-11(9(8)2)12(14)10-4-3-5-15-7-10/h6,10,13H,3-5,7H2,1-2H3. The molecule has 1 aliphatic rings. The SMILES string of the molecule is Cc1c[nH]c(C(=O)C2CCCOC2)c1C. The van der Waals surface area contributed by atoms with Crippen molar-refractivity contribution in [3.8, 4) is 0 Å². The highest BCUT2D eigenvalue weighted by molar-refractivity contribution is 5.97. The summed E-state index contributed by atoms with van der Waals surface area (Å²) in [6.07, 6.45) is 3.84. The first-order valence-electron chi connectivity index (χ1n) is 5.46. The van der Waals surface area contributed by atoms with E-state index in [-0.39, 0.29) is 11.7 Å². The Morgan fingerprint density at radius 1 is 1.53 bits per heavy atom. The maximum Gasteiger partial charge on any atom is 0.184 e. The highest BCUT2D eigenvalue weighted by Gasteiger charge is 2.25. The number of aromatic amines is 1. The van der Waals surface area contributed by atoms with Crippen LogP contribution in [0.15, 0.2) is 6.20 Å². The topological polar surface area (TPSA) is 42.1 Å². The molecule has 0 bridgehead atoms. The smallest absolute Gasteiger partial charge is 0.184 e. The monoisotopic (exact) mass is 207 g/mol. The van der Waals surface area contributed by atoms with Crippen LogP contribution in [0.1, 0.15) is 34.5 Å². The van der Waals surface area contributed by atoms with E-state index in [0.29, 0.717) is 6.61 Å². The molecule has 3 nitrogen and oxygen atoms in total. The second kappa shape index (κ2) is 4.19.